The molecule has 1 amide bonds. The predicted octanol–water partition coefficient (Wildman–Crippen LogP) is 3.31. The quantitative estimate of drug-likeness (QED) is 0.847. The third-order valence-corrected chi connectivity index (χ3v) is 2.59. The lowest BCUT2D eigenvalue weighted by Crippen LogP contribution is -2.26. The predicted molar refractivity (Wildman–Crippen MR) is 64.8 cm³/mol. The lowest BCUT2D eigenvalue weighted by molar-refractivity contribution is 0.200. The van der Waals surface area contributed by atoms with Crippen LogP contribution >= 0.6 is 0 Å². The molecule has 0 aliphatic carbocycles. The van der Waals surface area contributed by atoms with Crippen molar-refractivity contribution in [2.75, 3.05) is 6.54 Å². The summed E-state index contributed by atoms with van der Waals surface area (Å²) in [6.45, 7) is 6.68. The number of para-hydroxylation sites is 1. The van der Waals surface area contributed by atoms with Gasteiger partial charge < -0.3 is 10.1 Å². The topological polar surface area (TPSA) is 38.3 Å². The standard InChI is InChI=1S/C13H19NO2/c1-4-10(3)11-8-6-7-9-12(11)16-13(15)14-5-2/h6-10H,4-5H2,1-3H3,(H,14,15). The van der Waals surface area contributed by atoms with E-state index in [9.17, 15) is 4.79 Å². The van der Waals surface area contributed by atoms with Gasteiger partial charge in [0.15, 0.2) is 0 Å². The first-order valence-electron chi connectivity index (χ1n) is 5.73. The van der Waals surface area contributed by atoms with E-state index in [1.54, 1.807) is 0 Å². The zero-order valence-corrected chi connectivity index (χ0v) is 10.1. The molecule has 88 valence electrons. The van der Waals surface area contributed by atoms with Gasteiger partial charge in [0.05, 0.1) is 0 Å². The summed E-state index contributed by atoms with van der Waals surface area (Å²) < 4.78 is 5.26. The molecule has 0 aliphatic rings. The number of hydrogen-bond acceptors (Lipinski definition) is 2. The van der Waals surface area contributed by atoms with Crippen LogP contribution in [-0.2, 0) is 0 Å². The number of ether oxygens (including phenoxy) is 1. The first-order chi connectivity index (χ1) is 7.69. The van der Waals surface area contributed by atoms with Crippen LogP contribution in [0.4, 0.5) is 4.79 Å². The largest absolute Gasteiger partial charge is 0.412 e. The van der Waals surface area contributed by atoms with E-state index >= 15 is 0 Å². The van der Waals surface area contributed by atoms with Crippen LogP contribution in [0, 0.1) is 0 Å². The van der Waals surface area contributed by atoms with Gasteiger partial charge in [-0.1, -0.05) is 32.0 Å². The lowest BCUT2D eigenvalue weighted by Gasteiger charge is -2.14. The second kappa shape index (κ2) is 6.16. The van der Waals surface area contributed by atoms with Crippen molar-refractivity contribution in [2.24, 2.45) is 0 Å². The third-order valence-electron chi connectivity index (χ3n) is 2.59. The molecule has 0 saturated carbocycles. The van der Waals surface area contributed by atoms with Crippen LogP contribution in [0.1, 0.15) is 38.7 Å². The molecule has 0 radical (unpaired) electrons. The molecule has 1 rings (SSSR count). The summed E-state index contributed by atoms with van der Waals surface area (Å²) in [5, 5.41) is 2.62. The molecular formula is C13H19NO2. The van der Waals surface area contributed by atoms with Gasteiger partial charge in [0, 0.05) is 6.54 Å². The number of benzene rings is 1. The zero-order valence-electron chi connectivity index (χ0n) is 10.1. The van der Waals surface area contributed by atoms with E-state index in [2.05, 4.69) is 19.2 Å². The summed E-state index contributed by atoms with van der Waals surface area (Å²) in [6, 6.07) is 7.67. The van der Waals surface area contributed by atoms with E-state index < -0.39 is 6.09 Å². The summed E-state index contributed by atoms with van der Waals surface area (Å²) in [7, 11) is 0. The molecule has 0 spiro atoms. The maximum atomic E-state index is 11.3. The minimum atomic E-state index is -0.391. The summed E-state index contributed by atoms with van der Waals surface area (Å²) in [6.07, 6.45) is 0.633. The fourth-order valence-corrected chi connectivity index (χ4v) is 1.48. The Morgan fingerprint density at radius 1 is 1.38 bits per heavy atom. The highest BCUT2D eigenvalue weighted by Crippen LogP contribution is 2.28. The Morgan fingerprint density at radius 3 is 2.69 bits per heavy atom. The van der Waals surface area contributed by atoms with Crippen molar-refractivity contribution >= 4 is 6.09 Å². The Balaban J connectivity index is 2.82. The molecule has 16 heavy (non-hydrogen) atoms. The van der Waals surface area contributed by atoms with Crippen molar-refractivity contribution in [3.05, 3.63) is 29.8 Å². The van der Waals surface area contributed by atoms with Gasteiger partial charge in [-0.05, 0) is 30.9 Å². The number of carbonyl (C=O) groups excluding carboxylic acids is 1. The first-order valence-corrected chi connectivity index (χ1v) is 5.73. The smallest absolute Gasteiger partial charge is 0.410 e. The molecule has 0 heterocycles. The summed E-state index contributed by atoms with van der Waals surface area (Å²) in [4.78, 5) is 11.3. The van der Waals surface area contributed by atoms with Crippen LogP contribution in [-0.4, -0.2) is 12.6 Å². The molecule has 1 atom stereocenters. The molecule has 3 heteroatoms. The van der Waals surface area contributed by atoms with Crippen LogP contribution in [0.25, 0.3) is 0 Å². The van der Waals surface area contributed by atoms with Crippen molar-refractivity contribution in [2.45, 2.75) is 33.1 Å². The Kier molecular flexibility index (Phi) is 4.83. The zero-order chi connectivity index (χ0) is 12.0. The third kappa shape index (κ3) is 3.26. The Labute approximate surface area is 96.8 Å². The van der Waals surface area contributed by atoms with Crippen LogP contribution in [0.2, 0.25) is 0 Å². The molecule has 3 nitrogen and oxygen atoms in total. The van der Waals surface area contributed by atoms with Crippen molar-refractivity contribution < 1.29 is 9.53 Å². The van der Waals surface area contributed by atoms with Crippen LogP contribution in [0.3, 0.4) is 0 Å². The molecule has 1 N–H and O–H groups in total. The molecule has 0 fully saturated rings. The van der Waals surface area contributed by atoms with Crippen molar-refractivity contribution in [1.82, 2.24) is 5.32 Å². The SMILES string of the molecule is CCNC(=O)Oc1ccccc1C(C)CC. The van der Waals surface area contributed by atoms with E-state index in [4.69, 9.17) is 4.74 Å². The number of amides is 1. The van der Waals surface area contributed by atoms with Crippen LogP contribution in [0.15, 0.2) is 24.3 Å². The Hall–Kier alpha value is -1.51. The molecule has 1 aromatic carbocycles. The summed E-state index contributed by atoms with van der Waals surface area (Å²) >= 11 is 0. The van der Waals surface area contributed by atoms with Gasteiger partial charge in [-0.2, -0.15) is 0 Å². The summed E-state index contributed by atoms with van der Waals surface area (Å²) in [5.41, 5.74) is 1.08. The highest BCUT2D eigenvalue weighted by atomic mass is 16.6. The minimum Gasteiger partial charge on any atom is -0.410 e. The molecule has 1 aromatic rings. The molecule has 0 aliphatic heterocycles. The van der Waals surface area contributed by atoms with Gasteiger partial charge in [-0.25, -0.2) is 4.79 Å². The van der Waals surface area contributed by atoms with Gasteiger partial charge in [-0.15, -0.1) is 0 Å². The second-order valence-electron chi connectivity index (χ2n) is 3.77. The normalized spacial score (nSPS) is 11.9. The Morgan fingerprint density at radius 2 is 2.06 bits per heavy atom. The summed E-state index contributed by atoms with van der Waals surface area (Å²) in [5.74, 6) is 1.05. The van der Waals surface area contributed by atoms with Crippen LogP contribution < -0.4 is 10.1 Å². The molecule has 0 aromatic heterocycles. The number of hydrogen-bond donors (Lipinski definition) is 1. The van der Waals surface area contributed by atoms with Gasteiger partial charge >= 0.3 is 6.09 Å². The highest BCUT2D eigenvalue weighted by molar-refractivity contribution is 5.70. The molecule has 0 bridgehead atoms. The molecule has 0 saturated heterocycles. The monoisotopic (exact) mass is 221 g/mol. The van der Waals surface area contributed by atoms with E-state index in [1.807, 2.05) is 31.2 Å². The van der Waals surface area contributed by atoms with E-state index in [1.165, 1.54) is 0 Å². The number of nitrogens with one attached hydrogen (secondary N) is 1. The fourth-order valence-electron chi connectivity index (χ4n) is 1.48. The lowest BCUT2D eigenvalue weighted by atomic mass is 9.98. The maximum absolute atomic E-state index is 11.3. The van der Waals surface area contributed by atoms with E-state index in [-0.39, 0.29) is 0 Å². The average molecular weight is 221 g/mol. The van der Waals surface area contributed by atoms with Crippen molar-refractivity contribution in [3.8, 4) is 5.75 Å². The van der Waals surface area contributed by atoms with Gasteiger partial charge in [0.1, 0.15) is 5.75 Å². The number of rotatable bonds is 4. The van der Waals surface area contributed by atoms with Crippen molar-refractivity contribution in [1.29, 1.82) is 0 Å². The van der Waals surface area contributed by atoms with Crippen molar-refractivity contribution in [3.63, 3.8) is 0 Å². The van der Waals surface area contributed by atoms with Crippen LogP contribution in [0.5, 0.6) is 5.75 Å². The van der Waals surface area contributed by atoms with Gasteiger partial charge in [0.25, 0.3) is 0 Å². The minimum absolute atomic E-state index is 0.391. The van der Waals surface area contributed by atoms with E-state index in [0.29, 0.717) is 18.2 Å². The first kappa shape index (κ1) is 12.6. The second-order valence-corrected chi connectivity index (χ2v) is 3.77. The number of carbonyl (C=O) groups is 1. The molecular weight excluding hydrogens is 202 g/mol. The van der Waals surface area contributed by atoms with Gasteiger partial charge in [0.2, 0.25) is 0 Å². The highest BCUT2D eigenvalue weighted by Gasteiger charge is 2.11. The average Bonchev–Trinajstić information content (AvgIpc) is 2.29. The molecule has 1 unspecified atom stereocenters. The fraction of sp³-hybridized carbons (Fsp3) is 0.462. The Bertz CT molecular complexity index is 350. The van der Waals surface area contributed by atoms with E-state index in [0.717, 1.165) is 12.0 Å². The maximum Gasteiger partial charge on any atom is 0.412 e. The van der Waals surface area contributed by atoms with Gasteiger partial charge in [-0.3, -0.25) is 0 Å².